The number of rotatable bonds is 4. The summed E-state index contributed by atoms with van der Waals surface area (Å²) in [6.45, 7) is 3.79. The van der Waals surface area contributed by atoms with Crippen LogP contribution in [0.25, 0.3) is 0 Å². The van der Waals surface area contributed by atoms with Gasteiger partial charge in [0.1, 0.15) is 24.5 Å². The molecule has 0 amide bonds. The summed E-state index contributed by atoms with van der Waals surface area (Å²) in [5.74, 6) is 0.615. The predicted octanol–water partition coefficient (Wildman–Crippen LogP) is -0.251. The van der Waals surface area contributed by atoms with Crippen LogP contribution < -0.4 is 9.80 Å². The average Bonchev–Trinajstić information content (AvgIpc) is 2.39. The van der Waals surface area contributed by atoms with E-state index in [0.29, 0.717) is 5.82 Å². The summed E-state index contributed by atoms with van der Waals surface area (Å²) in [5.41, 5.74) is 0. The van der Waals surface area contributed by atoms with Gasteiger partial charge in [-0.15, -0.1) is 0 Å². The highest BCUT2D eigenvalue weighted by molar-refractivity contribution is 5.73. The molecule has 1 aliphatic rings. The molecule has 1 aromatic rings. The molecule has 0 spiro atoms. The molecule has 0 bridgehead atoms. The van der Waals surface area contributed by atoms with Gasteiger partial charge < -0.3 is 19.8 Å². The topological polar surface area (TPSA) is 72.8 Å². The van der Waals surface area contributed by atoms with Crippen molar-refractivity contribution in [2.24, 2.45) is 0 Å². The summed E-state index contributed by atoms with van der Waals surface area (Å²) >= 11 is 0. The third-order valence-corrected chi connectivity index (χ3v) is 3.23. The predicted molar refractivity (Wildman–Crippen MR) is 72.6 cm³/mol. The highest BCUT2D eigenvalue weighted by atomic mass is 16.4. The van der Waals surface area contributed by atoms with Crippen LogP contribution in [0, 0.1) is 0 Å². The molecular weight excluding hydrogens is 246 g/mol. The smallest absolute Gasteiger partial charge is 0.323 e. The van der Waals surface area contributed by atoms with Gasteiger partial charge in [0.25, 0.3) is 0 Å². The molecule has 7 heteroatoms. The van der Waals surface area contributed by atoms with Crippen LogP contribution in [0.2, 0.25) is 0 Å². The maximum absolute atomic E-state index is 10.7. The van der Waals surface area contributed by atoms with Crippen molar-refractivity contribution >= 4 is 17.6 Å². The summed E-state index contributed by atoms with van der Waals surface area (Å²) < 4.78 is 0. The molecule has 0 atom stereocenters. The van der Waals surface area contributed by atoms with Crippen molar-refractivity contribution in [3.63, 3.8) is 0 Å². The van der Waals surface area contributed by atoms with E-state index in [2.05, 4.69) is 26.8 Å². The van der Waals surface area contributed by atoms with Gasteiger partial charge in [-0.1, -0.05) is 0 Å². The van der Waals surface area contributed by atoms with Gasteiger partial charge in [-0.3, -0.25) is 4.79 Å². The fraction of sp³-hybridized carbons (Fsp3) is 0.583. The van der Waals surface area contributed by atoms with Crippen LogP contribution in [-0.2, 0) is 4.79 Å². The Morgan fingerprint density at radius 1 is 1.37 bits per heavy atom. The lowest BCUT2D eigenvalue weighted by atomic mass is 10.3. The Morgan fingerprint density at radius 2 is 2.05 bits per heavy atom. The number of aliphatic carboxylic acids is 1. The standard InChI is InChI=1S/C12H19N5O2/c1-15-3-5-17(6-4-15)11-7-10(13-9-14-11)16(2)8-12(18)19/h7,9H,3-6,8H2,1-2H3,(H,18,19). The molecular formula is C12H19N5O2. The van der Waals surface area contributed by atoms with Crippen molar-refractivity contribution in [3.8, 4) is 0 Å². The van der Waals surface area contributed by atoms with Crippen LogP contribution in [0.1, 0.15) is 0 Å². The zero-order chi connectivity index (χ0) is 13.8. The van der Waals surface area contributed by atoms with E-state index in [1.54, 1.807) is 11.9 Å². The minimum Gasteiger partial charge on any atom is -0.480 e. The van der Waals surface area contributed by atoms with Gasteiger partial charge in [-0.25, -0.2) is 9.97 Å². The fourth-order valence-corrected chi connectivity index (χ4v) is 2.04. The number of carboxylic acid groups (broad SMARTS) is 1. The summed E-state index contributed by atoms with van der Waals surface area (Å²) in [4.78, 5) is 25.2. The van der Waals surface area contributed by atoms with Gasteiger partial charge >= 0.3 is 5.97 Å². The first-order valence-corrected chi connectivity index (χ1v) is 6.25. The Balaban J connectivity index is 2.08. The maximum atomic E-state index is 10.7. The van der Waals surface area contributed by atoms with Crippen LogP contribution in [0.15, 0.2) is 12.4 Å². The zero-order valence-electron chi connectivity index (χ0n) is 11.3. The molecule has 0 saturated carbocycles. The second-order valence-electron chi connectivity index (χ2n) is 4.77. The molecule has 0 unspecified atom stereocenters. The molecule has 7 nitrogen and oxygen atoms in total. The van der Waals surface area contributed by atoms with Crippen molar-refractivity contribution in [1.29, 1.82) is 0 Å². The Labute approximate surface area is 112 Å². The molecule has 1 aromatic heterocycles. The lowest BCUT2D eigenvalue weighted by Crippen LogP contribution is -2.44. The van der Waals surface area contributed by atoms with Crippen molar-refractivity contribution in [2.45, 2.75) is 0 Å². The first kappa shape index (κ1) is 13.5. The second kappa shape index (κ2) is 5.83. The van der Waals surface area contributed by atoms with Crippen molar-refractivity contribution in [3.05, 3.63) is 12.4 Å². The average molecular weight is 265 g/mol. The van der Waals surface area contributed by atoms with Crippen molar-refractivity contribution in [1.82, 2.24) is 14.9 Å². The molecule has 2 rings (SSSR count). The van der Waals surface area contributed by atoms with E-state index in [0.717, 1.165) is 32.0 Å². The van der Waals surface area contributed by atoms with Crippen LogP contribution in [0.3, 0.4) is 0 Å². The van der Waals surface area contributed by atoms with E-state index in [4.69, 9.17) is 5.11 Å². The van der Waals surface area contributed by atoms with Gasteiger partial charge in [0.2, 0.25) is 0 Å². The molecule has 2 heterocycles. The molecule has 1 aliphatic heterocycles. The van der Waals surface area contributed by atoms with Gasteiger partial charge in [-0.05, 0) is 7.05 Å². The number of anilines is 2. The Hall–Kier alpha value is -1.89. The molecule has 1 fully saturated rings. The van der Waals surface area contributed by atoms with Gasteiger partial charge in [0.15, 0.2) is 0 Å². The van der Waals surface area contributed by atoms with Crippen LogP contribution in [-0.4, -0.2) is 72.8 Å². The summed E-state index contributed by atoms with van der Waals surface area (Å²) in [5, 5.41) is 8.79. The molecule has 0 aliphatic carbocycles. The van der Waals surface area contributed by atoms with Crippen LogP contribution in [0.5, 0.6) is 0 Å². The van der Waals surface area contributed by atoms with E-state index in [1.165, 1.54) is 6.33 Å². The Bertz CT molecular complexity index is 446. The highest BCUT2D eigenvalue weighted by Crippen LogP contribution is 2.17. The second-order valence-corrected chi connectivity index (χ2v) is 4.77. The number of carboxylic acids is 1. The number of nitrogens with zero attached hydrogens (tertiary/aromatic N) is 5. The van der Waals surface area contributed by atoms with Crippen molar-refractivity contribution in [2.75, 3.05) is 56.6 Å². The fourth-order valence-electron chi connectivity index (χ4n) is 2.04. The molecule has 0 radical (unpaired) electrons. The Kier molecular flexibility index (Phi) is 4.16. The Morgan fingerprint density at radius 3 is 2.68 bits per heavy atom. The largest absolute Gasteiger partial charge is 0.480 e. The summed E-state index contributed by atoms with van der Waals surface area (Å²) in [7, 11) is 3.81. The summed E-state index contributed by atoms with van der Waals surface area (Å²) in [6, 6.07) is 1.84. The number of likely N-dealkylation sites (N-methyl/N-ethyl adjacent to an activating group) is 2. The molecule has 1 N–H and O–H groups in total. The van der Waals surface area contributed by atoms with E-state index >= 15 is 0 Å². The van der Waals surface area contributed by atoms with Gasteiger partial charge in [0, 0.05) is 39.3 Å². The first-order valence-electron chi connectivity index (χ1n) is 6.25. The van der Waals surface area contributed by atoms with E-state index in [1.807, 2.05) is 6.07 Å². The highest BCUT2D eigenvalue weighted by Gasteiger charge is 2.16. The van der Waals surface area contributed by atoms with E-state index in [-0.39, 0.29) is 6.54 Å². The number of aromatic nitrogens is 2. The number of piperazine rings is 1. The minimum atomic E-state index is -0.873. The van der Waals surface area contributed by atoms with Gasteiger partial charge in [-0.2, -0.15) is 0 Å². The molecule has 1 saturated heterocycles. The number of hydrogen-bond acceptors (Lipinski definition) is 6. The number of hydrogen-bond donors (Lipinski definition) is 1. The SMILES string of the molecule is CN1CCN(c2cc(N(C)CC(=O)O)ncn2)CC1. The molecule has 19 heavy (non-hydrogen) atoms. The number of carbonyl (C=O) groups is 1. The van der Waals surface area contributed by atoms with Crippen molar-refractivity contribution < 1.29 is 9.90 Å². The van der Waals surface area contributed by atoms with Crippen LogP contribution in [0.4, 0.5) is 11.6 Å². The third kappa shape index (κ3) is 3.54. The monoisotopic (exact) mass is 265 g/mol. The van der Waals surface area contributed by atoms with Gasteiger partial charge in [0.05, 0.1) is 0 Å². The minimum absolute atomic E-state index is 0.0702. The lowest BCUT2D eigenvalue weighted by Gasteiger charge is -2.33. The van der Waals surface area contributed by atoms with E-state index in [9.17, 15) is 4.79 Å². The quantitative estimate of drug-likeness (QED) is 0.804. The maximum Gasteiger partial charge on any atom is 0.323 e. The lowest BCUT2D eigenvalue weighted by molar-refractivity contribution is -0.135. The molecule has 104 valence electrons. The first-order chi connectivity index (χ1) is 9.06. The molecule has 0 aromatic carbocycles. The summed E-state index contributed by atoms with van der Waals surface area (Å²) in [6.07, 6.45) is 1.49. The van der Waals surface area contributed by atoms with E-state index < -0.39 is 5.97 Å². The zero-order valence-corrected chi connectivity index (χ0v) is 11.3. The van der Waals surface area contributed by atoms with Crippen LogP contribution >= 0.6 is 0 Å². The normalized spacial score (nSPS) is 16.4. The third-order valence-electron chi connectivity index (χ3n) is 3.23.